The molecule has 1 N–H and O–H groups in total. The van der Waals surface area contributed by atoms with Crippen molar-refractivity contribution >= 4 is 5.69 Å². The SMILES string of the molecule is Cc1cc(C)c(OCCNC(C)C)c([N+](=O)[O-])c1. The van der Waals surface area contributed by atoms with E-state index < -0.39 is 4.92 Å². The number of rotatable bonds is 6. The van der Waals surface area contributed by atoms with Gasteiger partial charge in [0, 0.05) is 18.7 Å². The van der Waals surface area contributed by atoms with Gasteiger partial charge in [0.15, 0.2) is 5.75 Å². The van der Waals surface area contributed by atoms with Gasteiger partial charge in [-0.1, -0.05) is 19.9 Å². The van der Waals surface area contributed by atoms with Crippen LogP contribution in [0.4, 0.5) is 5.69 Å². The van der Waals surface area contributed by atoms with E-state index >= 15 is 0 Å². The molecule has 0 aliphatic carbocycles. The number of nitrogens with one attached hydrogen (secondary N) is 1. The molecule has 100 valence electrons. The zero-order valence-electron chi connectivity index (χ0n) is 11.3. The Morgan fingerprint density at radius 1 is 1.39 bits per heavy atom. The first-order chi connectivity index (χ1) is 8.41. The first-order valence-electron chi connectivity index (χ1n) is 6.03. The van der Waals surface area contributed by atoms with Gasteiger partial charge in [0.05, 0.1) is 4.92 Å². The number of benzene rings is 1. The summed E-state index contributed by atoms with van der Waals surface area (Å²) in [7, 11) is 0. The molecular weight excluding hydrogens is 232 g/mol. The van der Waals surface area contributed by atoms with E-state index in [2.05, 4.69) is 5.32 Å². The fourth-order valence-corrected chi connectivity index (χ4v) is 1.76. The van der Waals surface area contributed by atoms with Crippen molar-refractivity contribution in [2.45, 2.75) is 33.7 Å². The van der Waals surface area contributed by atoms with Crippen LogP contribution in [0.3, 0.4) is 0 Å². The molecule has 5 nitrogen and oxygen atoms in total. The summed E-state index contributed by atoms with van der Waals surface area (Å²) in [5, 5.41) is 14.2. The number of nitro benzene ring substituents is 1. The molecule has 5 heteroatoms. The average Bonchev–Trinajstić information content (AvgIpc) is 2.25. The molecule has 18 heavy (non-hydrogen) atoms. The molecule has 0 spiro atoms. The molecule has 0 atom stereocenters. The summed E-state index contributed by atoms with van der Waals surface area (Å²) >= 11 is 0. The summed E-state index contributed by atoms with van der Waals surface area (Å²) in [4.78, 5) is 10.6. The molecule has 0 saturated carbocycles. The number of hydrogen-bond donors (Lipinski definition) is 1. The van der Waals surface area contributed by atoms with E-state index in [1.165, 1.54) is 6.07 Å². The standard InChI is InChI=1S/C13H20N2O3/c1-9(2)14-5-6-18-13-11(4)7-10(3)8-12(13)15(16)17/h7-9,14H,5-6H2,1-4H3. The van der Waals surface area contributed by atoms with Gasteiger partial charge in [-0.2, -0.15) is 0 Å². The summed E-state index contributed by atoms with van der Waals surface area (Å²) < 4.78 is 5.53. The Morgan fingerprint density at radius 2 is 2.06 bits per heavy atom. The van der Waals surface area contributed by atoms with Crippen molar-refractivity contribution in [2.75, 3.05) is 13.2 Å². The van der Waals surface area contributed by atoms with Gasteiger partial charge in [-0.3, -0.25) is 10.1 Å². The molecule has 0 amide bonds. The summed E-state index contributed by atoms with van der Waals surface area (Å²) in [6.07, 6.45) is 0. The lowest BCUT2D eigenvalue weighted by Gasteiger charge is -2.12. The Labute approximate surface area is 107 Å². The third kappa shape index (κ3) is 4.00. The van der Waals surface area contributed by atoms with Gasteiger partial charge < -0.3 is 10.1 Å². The molecule has 1 aromatic rings. The van der Waals surface area contributed by atoms with Gasteiger partial charge in [0.1, 0.15) is 6.61 Å². The predicted molar refractivity (Wildman–Crippen MR) is 71.2 cm³/mol. The molecule has 0 aromatic heterocycles. The van der Waals surface area contributed by atoms with Crippen LogP contribution in [0.1, 0.15) is 25.0 Å². The largest absolute Gasteiger partial charge is 0.485 e. The van der Waals surface area contributed by atoms with Crippen LogP contribution >= 0.6 is 0 Å². The predicted octanol–water partition coefficient (Wildman–Crippen LogP) is 2.59. The maximum Gasteiger partial charge on any atom is 0.311 e. The molecule has 0 heterocycles. The molecule has 0 radical (unpaired) electrons. The summed E-state index contributed by atoms with van der Waals surface area (Å²) in [6, 6.07) is 3.80. The molecule has 0 aliphatic rings. The minimum atomic E-state index is -0.398. The third-order valence-corrected chi connectivity index (χ3v) is 2.50. The fraction of sp³-hybridized carbons (Fsp3) is 0.538. The van der Waals surface area contributed by atoms with Crippen LogP contribution in [0.25, 0.3) is 0 Å². The minimum Gasteiger partial charge on any atom is -0.485 e. The van der Waals surface area contributed by atoms with E-state index in [0.29, 0.717) is 24.9 Å². The van der Waals surface area contributed by atoms with Crippen LogP contribution in [0.2, 0.25) is 0 Å². The van der Waals surface area contributed by atoms with Crippen molar-refractivity contribution < 1.29 is 9.66 Å². The average molecular weight is 252 g/mol. The molecule has 1 aromatic carbocycles. The van der Waals surface area contributed by atoms with Crippen LogP contribution < -0.4 is 10.1 Å². The van der Waals surface area contributed by atoms with Crippen molar-refractivity contribution in [3.05, 3.63) is 33.4 Å². The van der Waals surface area contributed by atoms with E-state index in [9.17, 15) is 10.1 Å². The van der Waals surface area contributed by atoms with E-state index in [1.54, 1.807) is 0 Å². The van der Waals surface area contributed by atoms with E-state index in [1.807, 2.05) is 33.8 Å². The van der Waals surface area contributed by atoms with Crippen molar-refractivity contribution in [2.24, 2.45) is 0 Å². The minimum absolute atomic E-state index is 0.0389. The Bertz CT molecular complexity index is 430. The zero-order valence-corrected chi connectivity index (χ0v) is 11.3. The number of nitrogens with zero attached hydrogens (tertiary/aromatic N) is 1. The number of ether oxygens (including phenoxy) is 1. The highest BCUT2D eigenvalue weighted by Crippen LogP contribution is 2.31. The van der Waals surface area contributed by atoms with Crippen LogP contribution in [-0.2, 0) is 0 Å². The van der Waals surface area contributed by atoms with E-state index in [-0.39, 0.29) is 5.69 Å². The summed E-state index contributed by atoms with van der Waals surface area (Å²) in [5.74, 6) is 0.371. The lowest BCUT2D eigenvalue weighted by molar-refractivity contribution is -0.386. The lowest BCUT2D eigenvalue weighted by atomic mass is 10.1. The quantitative estimate of drug-likeness (QED) is 0.480. The number of aryl methyl sites for hydroxylation is 2. The summed E-state index contributed by atoms with van der Waals surface area (Å²) in [5.41, 5.74) is 1.70. The van der Waals surface area contributed by atoms with Crippen molar-refractivity contribution in [1.29, 1.82) is 0 Å². The number of hydrogen-bond acceptors (Lipinski definition) is 4. The molecule has 0 bridgehead atoms. The first kappa shape index (κ1) is 14.4. The fourth-order valence-electron chi connectivity index (χ4n) is 1.76. The molecular formula is C13H20N2O3. The van der Waals surface area contributed by atoms with Gasteiger partial charge in [0.25, 0.3) is 0 Å². The molecule has 0 saturated heterocycles. The number of nitro groups is 1. The topological polar surface area (TPSA) is 64.4 Å². The second-order valence-corrected chi connectivity index (χ2v) is 4.64. The molecule has 1 rings (SSSR count). The normalized spacial score (nSPS) is 10.7. The van der Waals surface area contributed by atoms with Crippen LogP contribution in [0.5, 0.6) is 5.75 Å². The zero-order chi connectivity index (χ0) is 13.7. The monoisotopic (exact) mass is 252 g/mol. The third-order valence-electron chi connectivity index (χ3n) is 2.50. The Balaban J connectivity index is 2.77. The van der Waals surface area contributed by atoms with Crippen LogP contribution in [0, 0.1) is 24.0 Å². The Morgan fingerprint density at radius 3 is 2.61 bits per heavy atom. The van der Waals surface area contributed by atoms with Crippen LogP contribution in [0.15, 0.2) is 12.1 Å². The smallest absolute Gasteiger partial charge is 0.311 e. The summed E-state index contributed by atoms with van der Waals surface area (Å²) in [6.45, 7) is 8.83. The maximum absolute atomic E-state index is 11.0. The lowest BCUT2D eigenvalue weighted by Crippen LogP contribution is -2.27. The van der Waals surface area contributed by atoms with Crippen molar-refractivity contribution in [3.63, 3.8) is 0 Å². The molecule has 0 fully saturated rings. The van der Waals surface area contributed by atoms with Crippen molar-refractivity contribution in [1.82, 2.24) is 5.32 Å². The van der Waals surface area contributed by atoms with Gasteiger partial charge in [-0.25, -0.2) is 0 Å². The Kier molecular flexibility index (Phi) is 5.09. The second-order valence-electron chi connectivity index (χ2n) is 4.64. The second kappa shape index (κ2) is 6.35. The van der Waals surface area contributed by atoms with Crippen molar-refractivity contribution in [3.8, 4) is 5.75 Å². The van der Waals surface area contributed by atoms with Gasteiger partial charge in [-0.15, -0.1) is 0 Å². The highest BCUT2D eigenvalue weighted by atomic mass is 16.6. The molecule has 0 aliphatic heterocycles. The molecule has 0 unspecified atom stereocenters. The van der Waals surface area contributed by atoms with Gasteiger partial charge >= 0.3 is 5.69 Å². The Hall–Kier alpha value is -1.62. The highest BCUT2D eigenvalue weighted by Gasteiger charge is 2.18. The first-order valence-corrected chi connectivity index (χ1v) is 6.03. The maximum atomic E-state index is 11.0. The van der Waals surface area contributed by atoms with E-state index in [4.69, 9.17) is 4.74 Å². The highest BCUT2D eigenvalue weighted by molar-refractivity contribution is 5.53. The van der Waals surface area contributed by atoms with E-state index in [0.717, 1.165) is 11.1 Å². The van der Waals surface area contributed by atoms with Gasteiger partial charge in [0.2, 0.25) is 0 Å². The van der Waals surface area contributed by atoms with Crippen LogP contribution in [-0.4, -0.2) is 24.1 Å². The van der Waals surface area contributed by atoms with Gasteiger partial charge in [-0.05, 0) is 25.0 Å².